The van der Waals surface area contributed by atoms with E-state index in [0.29, 0.717) is 12.1 Å². The molecule has 0 heterocycles. The van der Waals surface area contributed by atoms with E-state index >= 15 is 4.39 Å². The van der Waals surface area contributed by atoms with Crippen molar-refractivity contribution < 1.29 is 62.9 Å². The minimum absolute atomic E-state index is 0.0889. The Bertz CT molecular complexity index is 855. The summed E-state index contributed by atoms with van der Waals surface area (Å²) in [6.45, 7) is 6.56. The van der Waals surface area contributed by atoms with Gasteiger partial charge in [0.25, 0.3) is 5.60 Å². The van der Waals surface area contributed by atoms with Crippen molar-refractivity contribution in [3.05, 3.63) is 34.9 Å². The lowest BCUT2D eigenvalue weighted by Crippen LogP contribution is -2.57. The lowest BCUT2D eigenvalue weighted by atomic mass is 9.84. The van der Waals surface area contributed by atoms with Gasteiger partial charge >= 0.3 is 24.4 Å². The Morgan fingerprint density at radius 1 is 0.622 bits per heavy atom. The Labute approximate surface area is 208 Å². The van der Waals surface area contributed by atoms with Crippen LogP contribution in [-0.2, 0) is 30.4 Å². The van der Waals surface area contributed by atoms with Crippen LogP contribution < -0.4 is 0 Å². The molecular weight excluding hydrogens is 530 g/mol. The molecule has 14 heteroatoms. The molecule has 0 N–H and O–H groups in total. The van der Waals surface area contributed by atoms with E-state index in [4.69, 9.17) is 9.47 Å². The lowest BCUT2D eigenvalue weighted by Gasteiger charge is -2.40. The van der Waals surface area contributed by atoms with Crippen LogP contribution in [0.2, 0.25) is 0 Å². The van der Waals surface area contributed by atoms with E-state index in [9.17, 15) is 39.5 Å². The van der Waals surface area contributed by atoms with Gasteiger partial charge in [0.05, 0.1) is 0 Å². The fourth-order valence-electron chi connectivity index (χ4n) is 3.56. The van der Waals surface area contributed by atoms with Crippen LogP contribution in [-0.4, -0.2) is 44.3 Å². The molecule has 0 saturated carbocycles. The molecule has 0 saturated heterocycles. The van der Waals surface area contributed by atoms with Gasteiger partial charge in [0, 0.05) is 24.3 Å². The molecule has 0 amide bonds. The monoisotopic (exact) mass is 560 g/mol. The molecule has 216 valence electrons. The molecule has 0 aromatic heterocycles. The summed E-state index contributed by atoms with van der Waals surface area (Å²) < 4.78 is 161. The molecule has 4 atom stereocenters. The Morgan fingerprint density at radius 3 is 1.43 bits per heavy atom. The molecule has 0 radical (unpaired) electrons. The molecule has 37 heavy (non-hydrogen) atoms. The second-order valence-corrected chi connectivity index (χ2v) is 8.20. The highest BCUT2D eigenvalue weighted by atomic mass is 19.4. The Kier molecular flexibility index (Phi) is 10.9. The Hall–Kier alpha value is -1.64. The van der Waals surface area contributed by atoms with Crippen LogP contribution in [0.4, 0.5) is 43.9 Å². The first-order valence-electron chi connectivity index (χ1n) is 11.4. The van der Waals surface area contributed by atoms with E-state index in [1.165, 1.54) is 27.7 Å². The zero-order valence-electron chi connectivity index (χ0n) is 21.0. The normalized spacial score (nSPS) is 17.8. The predicted octanol–water partition coefficient (Wildman–Crippen LogP) is 8.00. The van der Waals surface area contributed by atoms with Crippen molar-refractivity contribution >= 4 is 0 Å². The van der Waals surface area contributed by atoms with Crippen molar-refractivity contribution in [1.29, 1.82) is 0 Å². The van der Waals surface area contributed by atoms with E-state index in [-0.39, 0.29) is 25.7 Å². The number of alkyl halides is 10. The predicted molar refractivity (Wildman–Crippen MR) is 112 cm³/mol. The molecular formula is C23H30F10O4. The Morgan fingerprint density at radius 2 is 1.05 bits per heavy atom. The van der Waals surface area contributed by atoms with Gasteiger partial charge in [0.15, 0.2) is 12.6 Å². The molecule has 0 aliphatic rings. The van der Waals surface area contributed by atoms with Crippen LogP contribution in [0.25, 0.3) is 0 Å². The SMILES string of the molecule is CCOC(C)OC(F)(c1cc(C(C)CC)cc(C(OC(C)OCC)(C(F)(F)F)C(F)(F)F)c1)C(F)(F)F. The third-order valence-corrected chi connectivity index (χ3v) is 5.55. The van der Waals surface area contributed by atoms with Gasteiger partial charge in [-0.25, -0.2) is 0 Å². The third kappa shape index (κ3) is 7.07. The van der Waals surface area contributed by atoms with E-state index in [1.807, 2.05) is 0 Å². The number of halogens is 10. The molecule has 1 rings (SSSR count). The van der Waals surface area contributed by atoms with Gasteiger partial charge in [0.1, 0.15) is 0 Å². The maximum Gasteiger partial charge on any atom is 0.453 e. The minimum atomic E-state index is -6.25. The highest BCUT2D eigenvalue weighted by Gasteiger charge is 2.74. The van der Waals surface area contributed by atoms with E-state index in [0.717, 1.165) is 13.8 Å². The number of ether oxygens (including phenoxy) is 4. The maximum absolute atomic E-state index is 15.6. The quantitative estimate of drug-likeness (QED) is 0.192. The van der Waals surface area contributed by atoms with Gasteiger partial charge in [0.2, 0.25) is 0 Å². The van der Waals surface area contributed by atoms with Gasteiger partial charge in [-0.1, -0.05) is 19.9 Å². The summed E-state index contributed by atoms with van der Waals surface area (Å²) in [5, 5.41) is 0. The summed E-state index contributed by atoms with van der Waals surface area (Å²) in [6, 6.07) is 0.727. The van der Waals surface area contributed by atoms with Crippen LogP contribution in [0.15, 0.2) is 18.2 Å². The highest BCUT2D eigenvalue weighted by molar-refractivity contribution is 5.40. The van der Waals surface area contributed by atoms with Gasteiger partial charge in [-0.05, 0) is 57.7 Å². The summed E-state index contributed by atoms with van der Waals surface area (Å²) in [5.74, 6) is -5.70. The van der Waals surface area contributed by atoms with Crippen molar-refractivity contribution in [2.75, 3.05) is 13.2 Å². The van der Waals surface area contributed by atoms with Gasteiger partial charge in [-0.3, -0.25) is 0 Å². The second kappa shape index (κ2) is 12.0. The summed E-state index contributed by atoms with van der Waals surface area (Å²) >= 11 is 0. The first-order chi connectivity index (χ1) is 16.7. The van der Waals surface area contributed by atoms with Crippen LogP contribution in [0, 0.1) is 0 Å². The number of hydrogen-bond donors (Lipinski definition) is 0. The summed E-state index contributed by atoms with van der Waals surface area (Å²) in [6.07, 6.45) is -22.3. The molecule has 4 nitrogen and oxygen atoms in total. The van der Waals surface area contributed by atoms with E-state index in [1.54, 1.807) is 0 Å². The topological polar surface area (TPSA) is 36.9 Å². The average molecular weight is 560 g/mol. The maximum atomic E-state index is 15.6. The van der Waals surface area contributed by atoms with Crippen molar-refractivity contribution in [3.63, 3.8) is 0 Å². The van der Waals surface area contributed by atoms with Gasteiger partial charge < -0.3 is 18.9 Å². The fraction of sp³-hybridized carbons (Fsp3) is 0.739. The molecule has 0 bridgehead atoms. The van der Waals surface area contributed by atoms with Crippen molar-refractivity contribution in [2.24, 2.45) is 0 Å². The summed E-state index contributed by atoms with van der Waals surface area (Å²) in [4.78, 5) is 0. The van der Waals surface area contributed by atoms with E-state index < -0.39 is 65.2 Å². The standard InChI is InChI=1S/C23H30F10O4/c1-7-13(4)16-10-17(19(21(25,26)27,22(28,29)30)36-14(5)34-8-2)12-18(11-16)20(24,23(31,32)33)37-15(6)35-9-3/h10-15H,7-9H2,1-6H3. The van der Waals surface area contributed by atoms with Crippen LogP contribution in [0.1, 0.15) is 70.6 Å². The molecule has 0 aliphatic heterocycles. The molecule has 0 spiro atoms. The zero-order chi connectivity index (χ0) is 29.0. The number of rotatable bonds is 12. The largest absolute Gasteiger partial charge is 0.453 e. The van der Waals surface area contributed by atoms with Gasteiger partial charge in [-0.15, -0.1) is 0 Å². The fourth-order valence-corrected chi connectivity index (χ4v) is 3.56. The van der Waals surface area contributed by atoms with Crippen molar-refractivity contribution in [1.82, 2.24) is 0 Å². The van der Waals surface area contributed by atoms with Crippen molar-refractivity contribution in [3.8, 4) is 0 Å². The highest BCUT2D eigenvalue weighted by Crippen LogP contribution is 2.55. The molecule has 1 aromatic rings. The molecule has 0 aliphatic carbocycles. The van der Waals surface area contributed by atoms with Gasteiger partial charge in [-0.2, -0.15) is 43.9 Å². The van der Waals surface area contributed by atoms with Crippen molar-refractivity contribution in [2.45, 2.75) is 96.4 Å². The summed E-state index contributed by atoms with van der Waals surface area (Å²) in [7, 11) is 0. The van der Waals surface area contributed by atoms with Crippen LogP contribution in [0.3, 0.4) is 0 Å². The molecule has 4 unspecified atom stereocenters. The number of benzene rings is 1. The first kappa shape index (κ1) is 33.4. The Balaban J connectivity index is 4.16. The summed E-state index contributed by atoms with van der Waals surface area (Å²) in [5.41, 5.74) is -9.04. The van der Waals surface area contributed by atoms with Crippen LogP contribution in [0.5, 0.6) is 0 Å². The molecule has 0 fully saturated rings. The first-order valence-corrected chi connectivity index (χ1v) is 11.4. The third-order valence-electron chi connectivity index (χ3n) is 5.55. The number of hydrogen-bond acceptors (Lipinski definition) is 4. The lowest BCUT2D eigenvalue weighted by molar-refractivity contribution is -0.415. The smallest absolute Gasteiger partial charge is 0.353 e. The van der Waals surface area contributed by atoms with Crippen LogP contribution >= 0.6 is 0 Å². The zero-order valence-corrected chi connectivity index (χ0v) is 21.0. The second-order valence-electron chi connectivity index (χ2n) is 8.20. The molecule has 1 aromatic carbocycles. The van der Waals surface area contributed by atoms with E-state index in [2.05, 4.69) is 9.47 Å². The average Bonchev–Trinajstić information content (AvgIpc) is 2.74. The minimum Gasteiger partial charge on any atom is -0.353 e.